The Labute approximate surface area is 137 Å². The summed E-state index contributed by atoms with van der Waals surface area (Å²) in [7, 11) is -0.743. The molecule has 0 aromatic heterocycles. The van der Waals surface area contributed by atoms with Crippen LogP contribution in [0.4, 0.5) is 0 Å². The quantitative estimate of drug-likeness (QED) is 0.757. The maximum atomic E-state index is 12.8. The second-order valence-corrected chi connectivity index (χ2v) is 8.77. The summed E-state index contributed by atoms with van der Waals surface area (Å²) in [5, 5.41) is 0.314. The molecule has 0 heterocycles. The molecule has 0 aliphatic heterocycles. The van der Waals surface area contributed by atoms with Crippen molar-refractivity contribution in [3.63, 3.8) is 0 Å². The minimum absolute atomic E-state index is 0.0416. The predicted octanol–water partition coefficient (Wildman–Crippen LogP) is 3.75. The summed E-state index contributed by atoms with van der Waals surface area (Å²) in [5.41, 5.74) is 0.387. The molecule has 0 amide bonds. The Kier molecular flexibility index (Phi) is 5.95. The van der Waals surface area contributed by atoms with Gasteiger partial charge in [-0.3, -0.25) is 0 Å². The third-order valence-electron chi connectivity index (χ3n) is 2.83. The van der Waals surface area contributed by atoms with Crippen LogP contribution in [0.5, 0.6) is 5.75 Å². The first-order valence-electron chi connectivity index (χ1n) is 6.41. The van der Waals surface area contributed by atoms with Crippen molar-refractivity contribution in [2.45, 2.75) is 31.5 Å². The van der Waals surface area contributed by atoms with Gasteiger partial charge in [0.15, 0.2) is 0 Å². The predicted molar refractivity (Wildman–Crippen MR) is 86.8 cm³/mol. The van der Waals surface area contributed by atoms with Gasteiger partial charge in [0, 0.05) is 24.2 Å². The highest BCUT2D eigenvalue weighted by Crippen LogP contribution is 2.34. The molecule has 1 aromatic carbocycles. The van der Waals surface area contributed by atoms with Crippen LogP contribution in [0.15, 0.2) is 17.0 Å². The van der Waals surface area contributed by atoms with Gasteiger partial charge in [-0.15, -0.1) is 11.6 Å². The van der Waals surface area contributed by atoms with E-state index in [-0.39, 0.29) is 21.9 Å². The molecule has 0 unspecified atom stereocenters. The third-order valence-corrected chi connectivity index (χ3v) is 5.14. The van der Waals surface area contributed by atoms with E-state index in [0.29, 0.717) is 17.1 Å². The third kappa shape index (κ3) is 4.49. The lowest BCUT2D eigenvalue weighted by Crippen LogP contribution is -2.34. The second-order valence-electron chi connectivity index (χ2n) is 6.05. The molecule has 21 heavy (non-hydrogen) atoms. The monoisotopic (exact) mass is 353 g/mol. The number of rotatable bonds is 5. The van der Waals surface area contributed by atoms with Crippen LogP contribution in [0.25, 0.3) is 0 Å². The molecule has 1 rings (SSSR count). The first kappa shape index (κ1) is 18.6. The zero-order valence-electron chi connectivity index (χ0n) is 12.9. The Morgan fingerprint density at radius 1 is 1.29 bits per heavy atom. The molecule has 0 saturated heterocycles. The fraction of sp³-hybridized carbons (Fsp3) is 0.571. The Balaban J connectivity index is 3.40. The zero-order chi connectivity index (χ0) is 16.4. The molecule has 0 saturated carbocycles. The van der Waals surface area contributed by atoms with E-state index in [1.165, 1.54) is 17.5 Å². The topological polar surface area (TPSA) is 46.6 Å². The summed E-state index contributed by atoms with van der Waals surface area (Å²) in [6, 6.07) is 3.00. The molecule has 0 fully saturated rings. The minimum Gasteiger partial charge on any atom is -0.495 e. The van der Waals surface area contributed by atoms with Crippen molar-refractivity contribution >= 4 is 33.2 Å². The Hall–Kier alpha value is -0.490. The first-order chi connectivity index (χ1) is 9.52. The van der Waals surface area contributed by atoms with Crippen LogP contribution >= 0.6 is 23.2 Å². The van der Waals surface area contributed by atoms with Crippen molar-refractivity contribution in [1.82, 2.24) is 4.31 Å². The number of methoxy groups -OCH3 is 1. The summed E-state index contributed by atoms with van der Waals surface area (Å²) in [4.78, 5) is 0.0416. The van der Waals surface area contributed by atoms with Crippen LogP contribution < -0.4 is 4.74 Å². The summed E-state index contributed by atoms with van der Waals surface area (Å²) < 4.78 is 32.1. The molecule has 4 nitrogen and oxygen atoms in total. The SMILES string of the molecule is COc1c(CCl)cc(Cl)cc1S(=O)(=O)N(C)CC(C)(C)C. The summed E-state index contributed by atoms with van der Waals surface area (Å²) in [5.74, 6) is 0.366. The molecule has 1 aromatic rings. The molecule has 0 aliphatic carbocycles. The van der Waals surface area contributed by atoms with E-state index in [2.05, 4.69) is 0 Å². The van der Waals surface area contributed by atoms with Crippen molar-refractivity contribution in [3.8, 4) is 5.75 Å². The first-order valence-corrected chi connectivity index (χ1v) is 8.77. The lowest BCUT2D eigenvalue weighted by molar-refractivity contribution is 0.309. The van der Waals surface area contributed by atoms with E-state index in [0.717, 1.165) is 0 Å². The van der Waals surface area contributed by atoms with Gasteiger partial charge >= 0.3 is 0 Å². The van der Waals surface area contributed by atoms with Crippen LogP contribution in [-0.2, 0) is 15.9 Å². The molecule has 0 N–H and O–H groups in total. The zero-order valence-corrected chi connectivity index (χ0v) is 15.2. The number of nitrogens with zero attached hydrogens (tertiary/aromatic N) is 1. The van der Waals surface area contributed by atoms with Gasteiger partial charge in [-0.2, -0.15) is 0 Å². The van der Waals surface area contributed by atoms with Gasteiger partial charge in [0.05, 0.1) is 13.0 Å². The average molecular weight is 354 g/mol. The van der Waals surface area contributed by atoms with E-state index in [1.807, 2.05) is 20.8 Å². The Bertz CT molecular complexity index is 609. The number of halogens is 2. The largest absolute Gasteiger partial charge is 0.495 e. The van der Waals surface area contributed by atoms with Gasteiger partial charge in [0.25, 0.3) is 0 Å². The molecular formula is C14H21Cl2NO3S. The summed E-state index contributed by atoms with van der Waals surface area (Å²) >= 11 is 11.8. The fourth-order valence-corrected chi connectivity index (χ4v) is 4.19. The van der Waals surface area contributed by atoms with E-state index in [9.17, 15) is 8.42 Å². The summed E-state index contributed by atoms with van der Waals surface area (Å²) in [6.45, 7) is 6.29. The van der Waals surface area contributed by atoms with Crippen LogP contribution in [0.3, 0.4) is 0 Å². The molecule has 0 spiro atoms. The molecular weight excluding hydrogens is 333 g/mol. The van der Waals surface area contributed by atoms with Gasteiger partial charge in [-0.1, -0.05) is 32.4 Å². The number of alkyl halides is 1. The number of sulfonamides is 1. The normalized spacial score (nSPS) is 12.8. The molecule has 120 valence electrons. The smallest absolute Gasteiger partial charge is 0.246 e. The van der Waals surface area contributed by atoms with Crippen molar-refractivity contribution in [3.05, 3.63) is 22.7 Å². The van der Waals surface area contributed by atoms with E-state index >= 15 is 0 Å². The number of hydrogen-bond donors (Lipinski definition) is 0. The van der Waals surface area contributed by atoms with Crippen molar-refractivity contribution < 1.29 is 13.2 Å². The van der Waals surface area contributed by atoms with Gasteiger partial charge in [-0.25, -0.2) is 12.7 Å². The average Bonchev–Trinajstić information content (AvgIpc) is 2.35. The number of benzene rings is 1. The van der Waals surface area contributed by atoms with Gasteiger partial charge in [0.1, 0.15) is 10.6 Å². The molecule has 7 heteroatoms. The van der Waals surface area contributed by atoms with Crippen LogP contribution in [0.1, 0.15) is 26.3 Å². The highest BCUT2D eigenvalue weighted by molar-refractivity contribution is 7.89. The minimum atomic E-state index is -3.70. The van der Waals surface area contributed by atoms with E-state index in [1.54, 1.807) is 13.1 Å². The maximum Gasteiger partial charge on any atom is 0.246 e. The number of hydrogen-bond acceptors (Lipinski definition) is 3. The second kappa shape index (κ2) is 6.73. The van der Waals surface area contributed by atoms with Crippen LogP contribution in [0, 0.1) is 5.41 Å². The Morgan fingerprint density at radius 3 is 2.29 bits per heavy atom. The lowest BCUT2D eigenvalue weighted by atomic mass is 9.97. The lowest BCUT2D eigenvalue weighted by Gasteiger charge is -2.27. The molecule has 0 bridgehead atoms. The fourth-order valence-electron chi connectivity index (χ4n) is 2.07. The molecule has 0 aliphatic rings. The number of ether oxygens (including phenoxy) is 1. The van der Waals surface area contributed by atoms with Gasteiger partial charge in [-0.05, 0) is 17.5 Å². The van der Waals surface area contributed by atoms with E-state index < -0.39 is 10.0 Å². The Morgan fingerprint density at radius 2 is 1.86 bits per heavy atom. The van der Waals surface area contributed by atoms with Crippen molar-refractivity contribution in [2.24, 2.45) is 5.41 Å². The van der Waals surface area contributed by atoms with Crippen LogP contribution in [-0.4, -0.2) is 33.4 Å². The van der Waals surface area contributed by atoms with Gasteiger partial charge in [0.2, 0.25) is 10.0 Å². The van der Waals surface area contributed by atoms with Crippen molar-refractivity contribution in [2.75, 3.05) is 20.7 Å². The van der Waals surface area contributed by atoms with Gasteiger partial charge < -0.3 is 4.74 Å². The highest BCUT2D eigenvalue weighted by atomic mass is 35.5. The van der Waals surface area contributed by atoms with Crippen molar-refractivity contribution in [1.29, 1.82) is 0 Å². The molecule has 0 radical (unpaired) electrons. The molecule has 0 atom stereocenters. The van der Waals surface area contributed by atoms with E-state index in [4.69, 9.17) is 27.9 Å². The summed E-state index contributed by atoms with van der Waals surface area (Å²) in [6.07, 6.45) is 0. The van der Waals surface area contributed by atoms with Crippen LogP contribution in [0.2, 0.25) is 5.02 Å². The standard InChI is InChI=1S/C14H21Cl2NO3S/c1-14(2,3)9-17(4)21(18,19)12-7-11(16)6-10(8-15)13(12)20-5/h6-7H,8-9H2,1-5H3. The maximum absolute atomic E-state index is 12.8. The highest BCUT2D eigenvalue weighted by Gasteiger charge is 2.29.